The van der Waals surface area contributed by atoms with E-state index in [9.17, 15) is 9.59 Å². The number of hydrogen-bond acceptors (Lipinski definition) is 4. The predicted molar refractivity (Wildman–Crippen MR) is 131 cm³/mol. The monoisotopic (exact) mass is 479 g/mol. The van der Waals surface area contributed by atoms with E-state index in [0.717, 1.165) is 47.0 Å². The molecule has 2 N–H and O–H groups in total. The first-order chi connectivity index (χ1) is 16.5. The Balaban J connectivity index is 1.32. The van der Waals surface area contributed by atoms with Crippen LogP contribution in [0.15, 0.2) is 36.5 Å². The standard InChI is InChI=1S/C26H26ClN3O4/c1-33-22-10-15-8-9-30(25(32)12-16(15)11-23(22)34-2)14-24(31)28-21-5-3-4-18-19-13-17(27)6-7-20(19)29-26(18)21/h6-11,13,21,29H,3-5,12,14H2,1-2H3,(H,28,31)/t21-/m1/s1. The average molecular weight is 480 g/mol. The van der Waals surface area contributed by atoms with Crippen LogP contribution in [0.4, 0.5) is 0 Å². The van der Waals surface area contributed by atoms with Crippen molar-refractivity contribution in [2.45, 2.75) is 31.7 Å². The molecule has 1 atom stereocenters. The van der Waals surface area contributed by atoms with Gasteiger partial charge in [0.05, 0.1) is 26.7 Å². The molecule has 0 spiro atoms. The van der Waals surface area contributed by atoms with Crippen molar-refractivity contribution in [2.75, 3.05) is 20.8 Å². The number of carbonyl (C=O) groups excluding carboxylic acids is 2. The van der Waals surface area contributed by atoms with E-state index in [2.05, 4.69) is 10.3 Å². The molecule has 2 amide bonds. The minimum atomic E-state index is -0.200. The number of ether oxygens (including phenoxy) is 2. The van der Waals surface area contributed by atoms with E-state index in [4.69, 9.17) is 21.1 Å². The number of aromatic nitrogens is 1. The fourth-order valence-electron chi connectivity index (χ4n) is 4.88. The fourth-order valence-corrected chi connectivity index (χ4v) is 5.05. The van der Waals surface area contributed by atoms with Crippen molar-refractivity contribution in [1.29, 1.82) is 0 Å². The maximum atomic E-state index is 13.0. The number of carbonyl (C=O) groups is 2. The van der Waals surface area contributed by atoms with Gasteiger partial charge in [0.15, 0.2) is 11.5 Å². The normalized spacial score (nSPS) is 17.2. The molecule has 1 aliphatic heterocycles. The van der Waals surface area contributed by atoms with Crippen molar-refractivity contribution >= 4 is 40.4 Å². The zero-order chi connectivity index (χ0) is 23.8. The lowest BCUT2D eigenvalue weighted by molar-refractivity contribution is -0.133. The Labute approximate surface area is 202 Å². The van der Waals surface area contributed by atoms with Crippen molar-refractivity contribution in [3.8, 4) is 11.5 Å². The zero-order valence-corrected chi connectivity index (χ0v) is 19.9. The Hall–Kier alpha value is -3.45. The number of fused-ring (bicyclic) bond motifs is 4. The quantitative estimate of drug-likeness (QED) is 0.568. The van der Waals surface area contributed by atoms with Gasteiger partial charge >= 0.3 is 0 Å². The Kier molecular flexibility index (Phi) is 5.96. The Morgan fingerprint density at radius 2 is 2.00 bits per heavy atom. The lowest BCUT2D eigenvalue weighted by Crippen LogP contribution is -2.40. The van der Waals surface area contributed by atoms with E-state index >= 15 is 0 Å². The largest absolute Gasteiger partial charge is 0.493 e. The second-order valence-corrected chi connectivity index (χ2v) is 9.08. The van der Waals surface area contributed by atoms with E-state index in [-0.39, 0.29) is 30.8 Å². The molecule has 0 fully saturated rings. The minimum absolute atomic E-state index is 0.0461. The van der Waals surface area contributed by atoms with Crippen LogP contribution in [0.3, 0.4) is 0 Å². The first kappa shape index (κ1) is 22.3. The van der Waals surface area contributed by atoms with Crippen LogP contribution in [0.1, 0.15) is 41.3 Å². The van der Waals surface area contributed by atoms with Gasteiger partial charge < -0.3 is 24.7 Å². The number of nitrogens with one attached hydrogen (secondary N) is 2. The number of rotatable bonds is 5. The van der Waals surface area contributed by atoms with Crippen LogP contribution in [0.2, 0.25) is 5.02 Å². The van der Waals surface area contributed by atoms with Gasteiger partial charge in [-0.05, 0) is 72.4 Å². The van der Waals surface area contributed by atoms with Crippen LogP contribution >= 0.6 is 11.6 Å². The molecule has 5 rings (SSSR count). The van der Waals surface area contributed by atoms with Crippen molar-refractivity contribution in [1.82, 2.24) is 15.2 Å². The molecule has 2 aliphatic rings. The molecular formula is C26H26ClN3O4. The fraction of sp³-hybridized carbons (Fsp3) is 0.308. The molecule has 0 saturated carbocycles. The number of benzene rings is 2. The molecule has 3 aromatic rings. The number of aryl methyl sites for hydroxylation is 1. The van der Waals surface area contributed by atoms with E-state index in [1.807, 2.05) is 36.4 Å². The summed E-state index contributed by atoms with van der Waals surface area (Å²) in [5, 5.41) is 4.93. The predicted octanol–water partition coefficient (Wildman–Crippen LogP) is 4.39. The maximum Gasteiger partial charge on any atom is 0.240 e. The summed E-state index contributed by atoms with van der Waals surface area (Å²) in [6, 6.07) is 9.33. The first-order valence-electron chi connectivity index (χ1n) is 11.3. The van der Waals surface area contributed by atoms with Gasteiger partial charge in [0, 0.05) is 27.8 Å². The summed E-state index contributed by atoms with van der Waals surface area (Å²) in [6.07, 6.45) is 6.42. The van der Waals surface area contributed by atoms with Crippen LogP contribution in [0.5, 0.6) is 11.5 Å². The van der Waals surface area contributed by atoms with E-state index < -0.39 is 0 Å². The van der Waals surface area contributed by atoms with Crippen LogP contribution in [0.25, 0.3) is 17.0 Å². The van der Waals surface area contributed by atoms with Gasteiger partial charge in [-0.3, -0.25) is 9.59 Å². The van der Waals surface area contributed by atoms with Gasteiger partial charge in [0.1, 0.15) is 6.54 Å². The van der Waals surface area contributed by atoms with Gasteiger partial charge in [0.25, 0.3) is 0 Å². The molecule has 0 saturated heterocycles. The van der Waals surface area contributed by atoms with Crippen LogP contribution in [-0.4, -0.2) is 42.5 Å². The summed E-state index contributed by atoms with van der Waals surface area (Å²) >= 11 is 6.20. The molecule has 2 heterocycles. The second-order valence-electron chi connectivity index (χ2n) is 8.64. The highest BCUT2D eigenvalue weighted by Gasteiger charge is 2.27. The third-order valence-corrected chi connectivity index (χ3v) is 6.79. The summed E-state index contributed by atoms with van der Waals surface area (Å²) in [7, 11) is 3.14. The van der Waals surface area contributed by atoms with Crippen molar-refractivity contribution in [2.24, 2.45) is 0 Å². The molecule has 1 aromatic heterocycles. The lowest BCUT2D eigenvalue weighted by Gasteiger charge is -2.25. The lowest BCUT2D eigenvalue weighted by atomic mass is 9.91. The van der Waals surface area contributed by atoms with Crippen molar-refractivity contribution < 1.29 is 19.1 Å². The number of hydrogen-bond donors (Lipinski definition) is 2. The molecule has 8 heteroatoms. The van der Waals surface area contributed by atoms with Gasteiger partial charge in [-0.15, -0.1) is 0 Å². The Morgan fingerprint density at radius 3 is 2.79 bits per heavy atom. The summed E-state index contributed by atoms with van der Waals surface area (Å²) in [6.45, 7) is -0.0461. The molecule has 2 aromatic carbocycles. The molecule has 34 heavy (non-hydrogen) atoms. The summed E-state index contributed by atoms with van der Waals surface area (Å²) in [5.74, 6) is 0.814. The van der Waals surface area contributed by atoms with E-state index in [1.165, 1.54) is 10.5 Å². The molecule has 1 aliphatic carbocycles. The number of amides is 2. The van der Waals surface area contributed by atoms with Crippen LogP contribution in [-0.2, 0) is 22.4 Å². The van der Waals surface area contributed by atoms with Crippen LogP contribution in [0, 0.1) is 0 Å². The van der Waals surface area contributed by atoms with Crippen molar-refractivity contribution in [3.05, 3.63) is 63.9 Å². The maximum absolute atomic E-state index is 13.0. The first-order valence-corrected chi connectivity index (χ1v) is 11.7. The number of methoxy groups -OCH3 is 2. The smallest absolute Gasteiger partial charge is 0.240 e. The SMILES string of the molecule is COc1cc2c(cc1OC)CC(=O)N(CC(=O)N[C@@H]1CCCc3c1[nH]c1ccc(Cl)cc31)C=C2. The van der Waals surface area contributed by atoms with Gasteiger partial charge in [0.2, 0.25) is 11.8 Å². The summed E-state index contributed by atoms with van der Waals surface area (Å²) in [4.78, 5) is 30.8. The Morgan fingerprint density at radius 1 is 1.21 bits per heavy atom. The number of halogens is 1. The molecule has 7 nitrogen and oxygen atoms in total. The number of nitrogens with zero attached hydrogens (tertiary/aromatic N) is 1. The molecular weight excluding hydrogens is 454 g/mol. The zero-order valence-electron chi connectivity index (χ0n) is 19.1. The van der Waals surface area contributed by atoms with E-state index in [1.54, 1.807) is 20.4 Å². The molecule has 0 radical (unpaired) electrons. The highest BCUT2D eigenvalue weighted by Crippen LogP contribution is 2.36. The number of H-pyrrole nitrogens is 1. The minimum Gasteiger partial charge on any atom is -0.493 e. The van der Waals surface area contributed by atoms with Gasteiger partial charge in [-0.25, -0.2) is 0 Å². The molecule has 0 unspecified atom stereocenters. The second kappa shape index (κ2) is 9.06. The summed E-state index contributed by atoms with van der Waals surface area (Å²) in [5.41, 5.74) is 4.95. The summed E-state index contributed by atoms with van der Waals surface area (Å²) < 4.78 is 10.7. The van der Waals surface area contributed by atoms with E-state index in [0.29, 0.717) is 16.5 Å². The number of aromatic amines is 1. The van der Waals surface area contributed by atoms with Crippen LogP contribution < -0.4 is 14.8 Å². The average Bonchev–Trinajstić information content (AvgIpc) is 3.13. The third kappa shape index (κ3) is 4.12. The molecule has 176 valence electrons. The highest BCUT2D eigenvalue weighted by atomic mass is 35.5. The topological polar surface area (TPSA) is 83.7 Å². The molecule has 0 bridgehead atoms. The third-order valence-electron chi connectivity index (χ3n) is 6.56. The van der Waals surface area contributed by atoms with Crippen molar-refractivity contribution in [3.63, 3.8) is 0 Å². The highest BCUT2D eigenvalue weighted by molar-refractivity contribution is 6.31. The van der Waals surface area contributed by atoms with Gasteiger partial charge in [-0.2, -0.15) is 0 Å². The van der Waals surface area contributed by atoms with Gasteiger partial charge in [-0.1, -0.05) is 11.6 Å². The Bertz CT molecular complexity index is 1310.